The van der Waals surface area contributed by atoms with Gasteiger partial charge in [-0.3, -0.25) is 24.0 Å². The van der Waals surface area contributed by atoms with Crippen LogP contribution in [0.4, 0.5) is 0 Å². The van der Waals surface area contributed by atoms with Crippen LogP contribution in [-0.2, 0) is 24.0 Å². The Hall–Kier alpha value is -2.45. The van der Waals surface area contributed by atoms with E-state index in [0.29, 0.717) is 25.3 Å². The maximum absolute atomic E-state index is 13.0. The summed E-state index contributed by atoms with van der Waals surface area (Å²) in [5, 5.41) is 11.0. The second-order valence-electron chi connectivity index (χ2n) is 11.3. The number of hydrogen-bond acceptors (Lipinski definition) is 5. The summed E-state index contributed by atoms with van der Waals surface area (Å²) < 4.78 is 0. The van der Waals surface area contributed by atoms with Gasteiger partial charge in [0.1, 0.15) is 12.1 Å². The van der Waals surface area contributed by atoms with Gasteiger partial charge in [0.2, 0.25) is 23.6 Å². The lowest BCUT2D eigenvalue weighted by Crippen LogP contribution is -2.54. The first-order chi connectivity index (χ1) is 16.6. The van der Waals surface area contributed by atoms with Crippen molar-refractivity contribution in [3.8, 4) is 0 Å². The fourth-order valence-electron chi connectivity index (χ4n) is 3.57. The SMILES string of the molecule is CC(C)CCNC(=O)C(C)NC(=O)CCC(=O)[C@H](CC(C)C)NC(=O)C(NC(=O)CC(C)C)C(C)C. The Bertz CT molecular complexity index is 734. The molecule has 9 nitrogen and oxygen atoms in total. The fourth-order valence-corrected chi connectivity index (χ4v) is 3.57. The fraction of sp³-hybridized carbons (Fsp3) is 0.815. The summed E-state index contributed by atoms with van der Waals surface area (Å²) in [5.41, 5.74) is 0. The third kappa shape index (κ3) is 14.8. The second kappa shape index (κ2) is 17.1. The summed E-state index contributed by atoms with van der Waals surface area (Å²) in [5.74, 6) is -0.918. The van der Waals surface area contributed by atoms with Crippen LogP contribution in [0.2, 0.25) is 0 Å². The van der Waals surface area contributed by atoms with E-state index >= 15 is 0 Å². The van der Waals surface area contributed by atoms with Crippen molar-refractivity contribution in [2.24, 2.45) is 23.7 Å². The minimum Gasteiger partial charge on any atom is -0.354 e. The molecule has 0 rings (SSSR count). The van der Waals surface area contributed by atoms with E-state index in [-0.39, 0.29) is 48.2 Å². The highest BCUT2D eigenvalue weighted by Gasteiger charge is 2.29. The van der Waals surface area contributed by atoms with Gasteiger partial charge in [0, 0.05) is 25.8 Å². The molecule has 0 saturated carbocycles. The van der Waals surface area contributed by atoms with Crippen LogP contribution >= 0.6 is 0 Å². The predicted octanol–water partition coefficient (Wildman–Crippen LogP) is 2.72. The summed E-state index contributed by atoms with van der Waals surface area (Å²) in [6.07, 6.45) is 1.45. The van der Waals surface area contributed by atoms with Crippen LogP contribution in [0.1, 0.15) is 94.4 Å². The highest BCUT2D eigenvalue weighted by atomic mass is 16.2. The standard InChI is InChI=1S/C27H50N4O5/c1-16(2)12-13-28-26(35)20(9)29-23(33)11-10-22(32)21(14-17(3)4)30-27(36)25(19(7)8)31-24(34)15-18(5)6/h16-21,25H,10-15H2,1-9H3,(H,28,35)(H,29,33)(H,30,36)(H,31,34)/t20?,21-,25?/m0/s1. The van der Waals surface area contributed by atoms with Gasteiger partial charge in [0.15, 0.2) is 5.78 Å². The van der Waals surface area contributed by atoms with Crippen LogP contribution in [0.5, 0.6) is 0 Å². The van der Waals surface area contributed by atoms with Crippen LogP contribution in [0.15, 0.2) is 0 Å². The Kier molecular flexibility index (Phi) is 15.9. The van der Waals surface area contributed by atoms with Gasteiger partial charge >= 0.3 is 0 Å². The molecule has 0 aliphatic heterocycles. The van der Waals surface area contributed by atoms with Gasteiger partial charge in [0.05, 0.1) is 6.04 Å². The number of nitrogens with one attached hydrogen (secondary N) is 4. The average Bonchev–Trinajstić information content (AvgIpc) is 2.73. The van der Waals surface area contributed by atoms with E-state index in [0.717, 1.165) is 6.42 Å². The van der Waals surface area contributed by atoms with Gasteiger partial charge in [-0.05, 0) is 43.4 Å². The third-order valence-corrected chi connectivity index (χ3v) is 5.66. The molecule has 0 aliphatic rings. The molecule has 3 atom stereocenters. The van der Waals surface area contributed by atoms with Crippen molar-refractivity contribution in [1.82, 2.24) is 21.3 Å². The van der Waals surface area contributed by atoms with Crippen molar-refractivity contribution in [3.63, 3.8) is 0 Å². The van der Waals surface area contributed by atoms with E-state index in [2.05, 4.69) is 35.1 Å². The van der Waals surface area contributed by atoms with E-state index in [1.165, 1.54) is 0 Å². The zero-order chi connectivity index (χ0) is 28.0. The summed E-state index contributed by atoms with van der Waals surface area (Å²) >= 11 is 0. The van der Waals surface area contributed by atoms with E-state index in [1.54, 1.807) is 6.92 Å². The first kappa shape index (κ1) is 33.5. The van der Waals surface area contributed by atoms with Gasteiger partial charge < -0.3 is 21.3 Å². The van der Waals surface area contributed by atoms with Crippen molar-refractivity contribution < 1.29 is 24.0 Å². The second-order valence-corrected chi connectivity index (χ2v) is 11.3. The number of hydrogen-bond donors (Lipinski definition) is 4. The zero-order valence-electron chi connectivity index (χ0n) is 23.8. The quantitative estimate of drug-likeness (QED) is 0.239. The molecule has 0 fully saturated rings. The summed E-state index contributed by atoms with van der Waals surface area (Å²) in [6.45, 7) is 17.7. The van der Waals surface area contributed by atoms with Crippen LogP contribution < -0.4 is 21.3 Å². The molecule has 0 aromatic carbocycles. The molecule has 0 saturated heterocycles. The summed E-state index contributed by atoms with van der Waals surface area (Å²) in [6, 6.07) is -2.21. The Morgan fingerprint density at radius 3 is 1.75 bits per heavy atom. The van der Waals surface area contributed by atoms with E-state index in [1.807, 2.05) is 41.5 Å². The Balaban J connectivity index is 4.98. The van der Waals surface area contributed by atoms with Crippen molar-refractivity contribution in [3.05, 3.63) is 0 Å². The van der Waals surface area contributed by atoms with E-state index < -0.39 is 29.9 Å². The number of ketones is 1. The molecule has 2 unspecified atom stereocenters. The third-order valence-electron chi connectivity index (χ3n) is 5.66. The maximum atomic E-state index is 13.0. The van der Waals surface area contributed by atoms with E-state index in [4.69, 9.17) is 0 Å². The smallest absolute Gasteiger partial charge is 0.243 e. The largest absolute Gasteiger partial charge is 0.354 e. The normalized spacial score (nSPS) is 13.9. The van der Waals surface area contributed by atoms with Crippen molar-refractivity contribution >= 4 is 29.4 Å². The van der Waals surface area contributed by atoms with Crippen molar-refractivity contribution in [2.75, 3.05) is 6.54 Å². The lowest BCUT2D eigenvalue weighted by atomic mass is 9.96. The average molecular weight is 511 g/mol. The number of amides is 4. The van der Waals surface area contributed by atoms with Gasteiger partial charge in [-0.1, -0.05) is 55.4 Å². The Morgan fingerprint density at radius 2 is 1.25 bits per heavy atom. The lowest BCUT2D eigenvalue weighted by Gasteiger charge is -2.26. The highest BCUT2D eigenvalue weighted by Crippen LogP contribution is 2.11. The minimum absolute atomic E-state index is 0.0583. The number of carbonyl (C=O) groups excluding carboxylic acids is 5. The summed E-state index contributed by atoms with van der Waals surface area (Å²) in [4.78, 5) is 62.6. The molecule has 4 amide bonds. The molecule has 0 radical (unpaired) electrons. The maximum Gasteiger partial charge on any atom is 0.243 e. The predicted molar refractivity (Wildman–Crippen MR) is 142 cm³/mol. The molecule has 4 N–H and O–H groups in total. The number of carbonyl (C=O) groups is 5. The molecule has 0 aromatic heterocycles. The van der Waals surface area contributed by atoms with Gasteiger partial charge in [0.25, 0.3) is 0 Å². The monoisotopic (exact) mass is 510 g/mol. The molecule has 36 heavy (non-hydrogen) atoms. The highest BCUT2D eigenvalue weighted by molar-refractivity contribution is 5.94. The molecule has 0 aliphatic carbocycles. The summed E-state index contributed by atoms with van der Waals surface area (Å²) in [7, 11) is 0. The molecule has 0 heterocycles. The number of rotatable bonds is 17. The van der Waals surface area contributed by atoms with Crippen LogP contribution in [0.3, 0.4) is 0 Å². The molecular formula is C27H50N4O5. The molecule has 0 spiro atoms. The minimum atomic E-state index is -0.759. The van der Waals surface area contributed by atoms with Crippen LogP contribution in [0, 0.1) is 23.7 Å². The Morgan fingerprint density at radius 1 is 0.639 bits per heavy atom. The first-order valence-corrected chi connectivity index (χ1v) is 13.3. The molecule has 208 valence electrons. The van der Waals surface area contributed by atoms with Crippen LogP contribution in [0.25, 0.3) is 0 Å². The van der Waals surface area contributed by atoms with E-state index in [9.17, 15) is 24.0 Å². The molecule has 0 bridgehead atoms. The van der Waals surface area contributed by atoms with Gasteiger partial charge in [-0.15, -0.1) is 0 Å². The van der Waals surface area contributed by atoms with Gasteiger partial charge in [-0.25, -0.2) is 0 Å². The molecule has 0 aromatic rings. The molecule has 9 heteroatoms. The zero-order valence-corrected chi connectivity index (χ0v) is 23.8. The van der Waals surface area contributed by atoms with Crippen molar-refractivity contribution in [1.29, 1.82) is 0 Å². The first-order valence-electron chi connectivity index (χ1n) is 13.3. The van der Waals surface area contributed by atoms with Crippen molar-refractivity contribution in [2.45, 2.75) is 113 Å². The lowest BCUT2D eigenvalue weighted by molar-refractivity contribution is -0.133. The topological polar surface area (TPSA) is 133 Å². The number of Topliss-reactive ketones (excluding diaryl/α,β-unsaturated/α-hetero) is 1. The van der Waals surface area contributed by atoms with Gasteiger partial charge in [-0.2, -0.15) is 0 Å². The molecular weight excluding hydrogens is 460 g/mol. The van der Waals surface area contributed by atoms with Crippen LogP contribution in [-0.4, -0.2) is 54.1 Å². The Labute approximate surface area is 217 Å².